The summed E-state index contributed by atoms with van der Waals surface area (Å²) in [5.41, 5.74) is 2.63. The first-order valence-electron chi connectivity index (χ1n) is 6.56. The fourth-order valence-corrected chi connectivity index (χ4v) is 2.47. The summed E-state index contributed by atoms with van der Waals surface area (Å²) in [6, 6.07) is -0.478. The van der Waals surface area contributed by atoms with E-state index in [0.717, 1.165) is 0 Å². The summed E-state index contributed by atoms with van der Waals surface area (Å²) in [5, 5.41) is 19.4. The smallest absolute Gasteiger partial charge is 0.408 e. The molecule has 0 unspecified atom stereocenters. The number of aliphatic hydroxyl groups is 1. The van der Waals surface area contributed by atoms with Crippen LogP contribution in [0.2, 0.25) is 19.6 Å². The molecule has 0 aromatic heterocycles. The van der Waals surface area contributed by atoms with Crippen molar-refractivity contribution >= 4 is 14.2 Å². The molecule has 5 heteroatoms. The van der Waals surface area contributed by atoms with E-state index < -0.39 is 31.9 Å². The molecule has 4 nitrogen and oxygen atoms in total. The summed E-state index contributed by atoms with van der Waals surface area (Å²) < 4.78 is 0. The zero-order valence-corrected chi connectivity index (χ0v) is 14.1. The molecule has 1 amide bonds. The van der Waals surface area contributed by atoms with Crippen LogP contribution < -0.4 is 0 Å². The van der Waals surface area contributed by atoms with Crippen molar-refractivity contribution in [1.29, 1.82) is 0 Å². The van der Waals surface area contributed by atoms with Gasteiger partial charge in [-0.2, -0.15) is 0 Å². The summed E-state index contributed by atoms with van der Waals surface area (Å²) in [6.45, 7) is 13.6. The van der Waals surface area contributed by atoms with Gasteiger partial charge in [0, 0.05) is 12.0 Å². The molecule has 0 fully saturated rings. The van der Waals surface area contributed by atoms with E-state index in [0.29, 0.717) is 6.42 Å². The quantitative estimate of drug-likeness (QED) is 0.619. The van der Waals surface area contributed by atoms with Gasteiger partial charge < -0.3 is 10.2 Å². The molecule has 2 N–H and O–H groups in total. The summed E-state index contributed by atoms with van der Waals surface area (Å²) in [4.78, 5) is 12.6. The van der Waals surface area contributed by atoms with Crippen molar-refractivity contribution in [2.75, 3.05) is 0 Å². The molecule has 0 radical (unpaired) electrons. The Morgan fingerprint density at radius 1 is 1.32 bits per heavy atom. The zero-order valence-electron chi connectivity index (χ0n) is 13.1. The number of rotatable bonds is 3. The highest BCUT2D eigenvalue weighted by atomic mass is 28.3. The van der Waals surface area contributed by atoms with Crippen LogP contribution in [0.3, 0.4) is 0 Å². The highest BCUT2D eigenvalue weighted by Gasteiger charge is 2.34. The van der Waals surface area contributed by atoms with Gasteiger partial charge in [-0.05, 0) is 27.7 Å². The second kappa shape index (κ2) is 6.44. The van der Waals surface area contributed by atoms with Gasteiger partial charge >= 0.3 is 6.09 Å². The molecule has 0 aliphatic heterocycles. The lowest BCUT2D eigenvalue weighted by Crippen LogP contribution is -2.54. The summed E-state index contributed by atoms with van der Waals surface area (Å²) in [7, 11) is -1.45. The van der Waals surface area contributed by atoms with Crippen molar-refractivity contribution in [1.82, 2.24) is 4.90 Å². The Labute approximate surface area is 117 Å². The molecule has 0 spiro atoms. The molecular formula is C14H27NO3Si. The third-order valence-electron chi connectivity index (χ3n) is 2.67. The lowest BCUT2D eigenvalue weighted by Gasteiger charge is -2.39. The van der Waals surface area contributed by atoms with Gasteiger partial charge in [0.25, 0.3) is 0 Å². The molecular weight excluding hydrogens is 258 g/mol. The van der Waals surface area contributed by atoms with Crippen LogP contribution in [-0.4, -0.2) is 47.0 Å². The molecule has 0 heterocycles. The Morgan fingerprint density at radius 2 is 1.79 bits per heavy atom. The van der Waals surface area contributed by atoms with Gasteiger partial charge in [0.1, 0.15) is 8.07 Å². The predicted octanol–water partition coefficient (Wildman–Crippen LogP) is 2.79. The second-order valence-electron chi connectivity index (χ2n) is 6.89. The van der Waals surface area contributed by atoms with E-state index in [2.05, 4.69) is 31.1 Å². The predicted molar refractivity (Wildman–Crippen MR) is 80.8 cm³/mol. The number of aliphatic hydroxyl groups excluding tert-OH is 1. The number of hydrogen-bond acceptors (Lipinski definition) is 2. The second-order valence-corrected chi connectivity index (χ2v) is 11.6. The van der Waals surface area contributed by atoms with Crippen LogP contribution in [0.5, 0.6) is 0 Å². The van der Waals surface area contributed by atoms with Gasteiger partial charge in [0.2, 0.25) is 0 Å². The molecule has 0 aliphatic carbocycles. The average molecular weight is 285 g/mol. The Kier molecular flexibility index (Phi) is 6.11. The molecule has 0 saturated carbocycles. The van der Waals surface area contributed by atoms with Crippen LogP contribution >= 0.6 is 0 Å². The maximum atomic E-state index is 11.3. The third-order valence-corrected chi connectivity index (χ3v) is 3.59. The van der Waals surface area contributed by atoms with E-state index in [1.165, 1.54) is 4.90 Å². The SMILES string of the molecule is C[C@@H]([C@H](O)CC#C[Si](C)(C)C)N(C(=O)O)C(C)(C)C. The van der Waals surface area contributed by atoms with Crippen molar-refractivity contribution in [2.24, 2.45) is 0 Å². The van der Waals surface area contributed by atoms with Crippen LogP contribution in [-0.2, 0) is 0 Å². The number of hydrogen-bond donors (Lipinski definition) is 2. The van der Waals surface area contributed by atoms with Gasteiger partial charge in [-0.15, -0.1) is 11.5 Å². The number of carbonyl (C=O) groups is 1. The summed E-state index contributed by atoms with van der Waals surface area (Å²) in [6.07, 6.45) is -1.47. The molecule has 0 aromatic carbocycles. The van der Waals surface area contributed by atoms with Crippen LogP contribution in [0, 0.1) is 11.5 Å². The van der Waals surface area contributed by atoms with E-state index in [9.17, 15) is 15.0 Å². The van der Waals surface area contributed by atoms with Crippen LogP contribution in [0.4, 0.5) is 4.79 Å². The first kappa shape index (κ1) is 18.0. The maximum absolute atomic E-state index is 11.3. The molecule has 0 saturated heterocycles. The van der Waals surface area contributed by atoms with Gasteiger partial charge in [-0.1, -0.05) is 19.6 Å². The molecule has 2 atom stereocenters. The maximum Gasteiger partial charge on any atom is 0.408 e. The van der Waals surface area contributed by atoms with Crippen LogP contribution in [0.1, 0.15) is 34.1 Å². The summed E-state index contributed by atoms with van der Waals surface area (Å²) in [5.74, 6) is 2.99. The number of carboxylic acid groups (broad SMARTS) is 1. The van der Waals surface area contributed by atoms with Crippen molar-refractivity contribution < 1.29 is 15.0 Å². The van der Waals surface area contributed by atoms with E-state index in [4.69, 9.17) is 0 Å². The molecule has 19 heavy (non-hydrogen) atoms. The minimum Gasteiger partial charge on any atom is -0.465 e. The van der Waals surface area contributed by atoms with E-state index >= 15 is 0 Å². The van der Waals surface area contributed by atoms with E-state index in [-0.39, 0.29) is 0 Å². The Balaban J connectivity index is 4.83. The number of nitrogens with zero attached hydrogens (tertiary/aromatic N) is 1. The zero-order chi connectivity index (χ0) is 15.4. The Hall–Kier alpha value is -0.993. The lowest BCUT2D eigenvalue weighted by atomic mass is 10.0. The van der Waals surface area contributed by atoms with Crippen molar-refractivity contribution in [2.45, 2.75) is 71.4 Å². The largest absolute Gasteiger partial charge is 0.465 e. The topological polar surface area (TPSA) is 60.8 Å². The van der Waals surface area contributed by atoms with E-state index in [1.54, 1.807) is 6.92 Å². The fraction of sp³-hybridized carbons (Fsp3) is 0.786. The Bertz CT molecular complexity index is 371. The number of amides is 1. The highest BCUT2D eigenvalue weighted by Crippen LogP contribution is 2.20. The molecule has 110 valence electrons. The fourth-order valence-electron chi connectivity index (χ4n) is 1.84. The first-order chi connectivity index (χ1) is 8.36. The van der Waals surface area contributed by atoms with Crippen molar-refractivity contribution in [3.8, 4) is 11.5 Å². The third kappa shape index (κ3) is 6.65. The monoisotopic (exact) mass is 285 g/mol. The van der Waals surface area contributed by atoms with Gasteiger partial charge in [0.05, 0.1) is 12.1 Å². The standard InChI is InChI=1S/C14H27NO3Si/c1-11(15(13(17)18)14(2,3)4)12(16)9-8-10-19(5,6)7/h11-12,16H,9H2,1-7H3,(H,17,18)/t11-,12+/m0/s1. The van der Waals surface area contributed by atoms with Gasteiger partial charge in [-0.25, -0.2) is 4.79 Å². The van der Waals surface area contributed by atoms with Gasteiger partial charge in [-0.3, -0.25) is 4.90 Å². The van der Waals surface area contributed by atoms with Gasteiger partial charge in [0.15, 0.2) is 0 Å². The highest BCUT2D eigenvalue weighted by molar-refractivity contribution is 6.83. The molecule has 0 aromatic rings. The van der Waals surface area contributed by atoms with Crippen LogP contribution in [0.25, 0.3) is 0 Å². The normalized spacial score (nSPS) is 15.2. The minimum atomic E-state index is -1.45. The van der Waals surface area contributed by atoms with Crippen molar-refractivity contribution in [3.05, 3.63) is 0 Å². The van der Waals surface area contributed by atoms with Crippen LogP contribution in [0.15, 0.2) is 0 Å². The molecule has 0 bridgehead atoms. The van der Waals surface area contributed by atoms with Crippen molar-refractivity contribution in [3.63, 3.8) is 0 Å². The van der Waals surface area contributed by atoms with E-state index in [1.807, 2.05) is 20.8 Å². The first-order valence-corrected chi connectivity index (χ1v) is 10.1. The summed E-state index contributed by atoms with van der Waals surface area (Å²) >= 11 is 0. The molecule has 0 aliphatic rings. The average Bonchev–Trinajstić information content (AvgIpc) is 2.11. The minimum absolute atomic E-state index is 0.311. The lowest BCUT2D eigenvalue weighted by molar-refractivity contribution is 0.0170. The Morgan fingerprint density at radius 3 is 2.11 bits per heavy atom. The molecule has 0 rings (SSSR count).